The molecule has 0 bridgehead atoms. The van der Waals surface area contributed by atoms with E-state index in [2.05, 4.69) is 4.72 Å². The molecule has 1 N–H and O–H groups in total. The van der Waals surface area contributed by atoms with Crippen molar-refractivity contribution < 1.29 is 35.9 Å². The monoisotopic (exact) mass is 444 g/mol. The molecular weight excluding hydrogens is 425 g/mol. The van der Waals surface area contributed by atoms with Gasteiger partial charge in [-0.05, 0) is 42.0 Å². The molecule has 0 fully saturated rings. The Labute approximate surface area is 171 Å². The van der Waals surface area contributed by atoms with Gasteiger partial charge in [-0.3, -0.25) is 9.52 Å². The number of amides is 1. The number of fused-ring (bicyclic) bond motifs is 1. The van der Waals surface area contributed by atoms with E-state index < -0.39 is 21.8 Å². The van der Waals surface area contributed by atoms with Crippen molar-refractivity contribution in [1.82, 2.24) is 0 Å². The zero-order valence-corrected chi connectivity index (χ0v) is 16.9. The van der Waals surface area contributed by atoms with E-state index in [0.29, 0.717) is 17.3 Å². The van der Waals surface area contributed by atoms with Gasteiger partial charge in [0.1, 0.15) is 12.4 Å². The average Bonchev–Trinajstić information content (AvgIpc) is 2.95. The van der Waals surface area contributed by atoms with Crippen LogP contribution in [0.3, 0.4) is 0 Å². The van der Waals surface area contributed by atoms with E-state index in [1.54, 1.807) is 7.05 Å². The molecule has 1 aliphatic rings. The fraction of sp³-hybridized carbons (Fsp3) is 0.316. The van der Waals surface area contributed by atoms with Crippen LogP contribution < -0.4 is 14.4 Å². The number of anilines is 2. The fourth-order valence-corrected chi connectivity index (χ4v) is 4.08. The van der Waals surface area contributed by atoms with E-state index in [0.717, 1.165) is 12.1 Å². The van der Waals surface area contributed by atoms with E-state index in [4.69, 9.17) is 9.47 Å². The Kier molecular flexibility index (Phi) is 5.95. The predicted molar refractivity (Wildman–Crippen MR) is 103 cm³/mol. The first-order valence-electron chi connectivity index (χ1n) is 8.78. The number of carbonyl (C=O) groups is 1. The molecule has 0 aliphatic carbocycles. The maximum Gasteiger partial charge on any atom is 0.416 e. The maximum absolute atomic E-state index is 13.1. The van der Waals surface area contributed by atoms with E-state index in [-0.39, 0.29) is 41.9 Å². The van der Waals surface area contributed by atoms with E-state index in [1.807, 2.05) is 0 Å². The van der Waals surface area contributed by atoms with E-state index >= 15 is 0 Å². The second-order valence-electron chi connectivity index (χ2n) is 6.58. The first kappa shape index (κ1) is 21.9. The van der Waals surface area contributed by atoms with Crippen LogP contribution in [-0.4, -0.2) is 41.7 Å². The second kappa shape index (κ2) is 8.15. The maximum atomic E-state index is 13.1. The van der Waals surface area contributed by atoms with Gasteiger partial charge in [-0.2, -0.15) is 13.2 Å². The summed E-state index contributed by atoms with van der Waals surface area (Å²) in [4.78, 5) is 13.0. The quantitative estimate of drug-likeness (QED) is 0.664. The Morgan fingerprint density at radius 2 is 1.87 bits per heavy atom. The number of rotatable bonds is 7. The van der Waals surface area contributed by atoms with Crippen molar-refractivity contribution in [2.75, 3.05) is 37.0 Å². The smallest absolute Gasteiger partial charge is 0.416 e. The molecule has 30 heavy (non-hydrogen) atoms. The lowest BCUT2D eigenvalue weighted by Crippen LogP contribution is -2.20. The number of nitrogens with zero attached hydrogens (tertiary/aromatic N) is 1. The standard InChI is InChI=1S/C19H19F3N2O5S/c1-24-16-5-4-14(9-12(16)10-18(24)25)30(26,27)23-15-11-13(19(20,21)22)3-6-17(15)29-8-7-28-2/h3-6,9,11,23H,7-8,10H2,1-2H3. The number of methoxy groups -OCH3 is 1. The van der Waals surface area contributed by atoms with Crippen molar-refractivity contribution in [2.24, 2.45) is 0 Å². The minimum Gasteiger partial charge on any atom is -0.489 e. The summed E-state index contributed by atoms with van der Waals surface area (Å²) < 4.78 is 77.4. The van der Waals surface area contributed by atoms with Gasteiger partial charge in [-0.15, -0.1) is 0 Å². The number of carbonyl (C=O) groups excluding carboxylic acids is 1. The van der Waals surface area contributed by atoms with Crippen LogP contribution in [0, 0.1) is 0 Å². The van der Waals surface area contributed by atoms with Gasteiger partial charge in [0.15, 0.2) is 0 Å². The van der Waals surface area contributed by atoms with Crippen LogP contribution in [0.1, 0.15) is 11.1 Å². The molecule has 0 spiro atoms. The molecule has 1 heterocycles. The predicted octanol–water partition coefficient (Wildman–Crippen LogP) is 3.05. The number of likely N-dealkylation sites (N-methyl/N-ethyl adjacent to an activating group) is 1. The normalized spacial score (nSPS) is 14.0. The largest absolute Gasteiger partial charge is 0.489 e. The average molecular weight is 444 g/mol. The summed E-state index contributed by atoms with van der Waals surface area (Å²) in [6.45, 7) is 0.184. The SMILES string of the molecule is COCCOc1ccc(C(F)(F)F)cc1NS(=O)(=O)c1ccc2c(c1)CC(=O)N2C. The zero-order valence-electron chi connectivity index (χ0n) is 16.1. The molecule has 0 atom stereocenters. The van der Waals surface area contributed by atoms with E-state index in [9.17, 15) is 26.4 Å². The van der Waals surface area contributed by atoms with Crippen LogP contribution in [0.25, 0.3) is 0 Å². The molecule has 2 aromatic carbocycles. The number of halogens is 3. The number of nitrogens with one attached hydrogen (secondary N) is 1. The molecule has 1 aliphatic heterocycles. The van der Waals surface area contributed by atoms with Crippen LogP contribution in [0.4, 0.5) is 24.5 Å². The van der Waals surface area contributed by atoms with Crippen molar-refractivity contribution in [3.8, 4) is 5.75 Å². The Hall–Kier alpha value is -2.79. The van der Waals surface area contributed by atoms with Crippen molar-refractivity contribution in [2.45, 2.75) is 17.5 Å². The third kappa shape index (κ3) is 4.51. The topological polar surface area (TPSA) is 84.9 Å². The number of hydrogen-bond donors (Lipinski definition) is 1. The molecule has 7 nitrogen and oxygen atoms in total. The van der Waals surface area contributed by atoms with Crippen LogP contribution in [-0.2, 0) is 32.2 Å². The van der Waals surface area contributed by atoms with Gasteiger partial charge in [-0.1, -0.05) is 0 Å². The second-order valence-corrected chi connectivity index (χ2v) is 8.26. The lowest BCUT2D eigenvalue weighted by Gasteiger charge is -2.16. The molecular formula is C19H19F3N2O5S. The molecule has 0 unspecified atom stereocenters. The minimum atomic E-state index is -4.66. The summed E-state index contributed by atoms with van der Waals surface area (Å²) in [5.74, 6) is -0.251. The van der Waals surface area contributed by atoms with Crippen LogP contribution in [0.2, 0.25) is 0 Å². The minimum absolute atomic E-state index is 0.0177. The van der Waals surface area contributed by atoms with Gasteiger partial charge in [0.2, 0.25) is 5.91 Å². The number of hydrogen-bond acceptors (Lipinski definition) is 5. The molecule has 3 rings (SSSR count). The number of ether oxygens (including phenoxy) is 2. The van der Waals surface area contributed by atoms with Crippen LogP contribution in [0.15, 0.2) is 41.3 Å². The van der Waals surface area contributed by atoms with E-state index in [1.165, 1.54) is 30.2 Å². The van der Waals surface area contributed by atoms with Gasteiger partial charge >= 0.3 is 6.18 Å². The summed E-state index contributed by atoms with van der Waals surface area (Å²) in [6, 6.07) is 6.62. The number of sulfonamides is 1. The molecule has 0 aromatic heterocycles. The molecule has 0 radical (unpaired) electrons. The highest BCUT2D eigenvalue weighted by Gasteiger charge is 2.32. The third-order valence-corrected chi connectivity index (χ3v) is 5.90. The van der Waals surface area contributed by atoms with Crippen LogP contribution in [0.5, 0.6) is 5.75 Å². The Morgan fingerprint density at radius 3 is 2.53 bits per heavy atom. The molecule has 0 saturated heterocycles. The first-order valence-corrected chi connectivity index (χ1v) is 10.3. The highest BCUT2D eigenvalue weighted by atomic mass is 32.2. The lowest BCUT2D eigenvalue weighted by molar-refractivity contribution is -0.137. The summed E-state index contributed by atoms with van der Waals surface area (Å²) in [7, 11) is -1.24. The van der Waals surface area contributed by atoms with Crippen molar-refractivity contribution in [1.29, 1.82) is 0 Å². The van der Waals surface area contributed by atoms with Crippen molar-refractivity contribution in [3.05, 3.63) is 47.5 Å². The first-order chi connectivity index (χ1) is 14.0. The van der Waals surface area contributed by atoms with Crippen molar-refractivity contribution in [3.63, 3.8) is 0 Å². The van der Waals surface area contributed by atoms with Gasteiger partial charge in [0.25, 0.3) is 10.0 Å². The number of benzene rings is 2. The molecule has 0 saturated carbocycles. The Morgan fingerprint density at radius 1 is 1.13 bits per heavy atom. The molecule has 2 aromatic rings. The summed E-state index contributed by atoms with van der Waals surface area (Å²) in [5.41, 5.74) is -0.275. The summed E-state index contributed by atoms with van der Waals surface area (Å²) in [6.07, 6.45) is -4.62. The zero-order chi connectivity index (χ0) is 22.1. The molecule has 1 amide bonds. The summed E-state index contributed by atoms with van der Waals surface area (Å²) >= 11 is 0. The lowest BCUT2D eigenvalue weighted by atomic mass is 10.2. The molecule has 11 heteroatoms. The number of alkyl halides is 3. The highest BCUT2D eigenvalue weighted by molar-refractivity contribution is 7.92. The highest BCUT2D eigenvalue weighted by Crippen LogP contribution is 2.36. The van der Waals surface area contributed by atoms with Gasteiger partial charge in [0.05, 0.1) is 29.2 Å². The van der Waals surface area contributed by atoms with Crippen molar-refractivity contribution >= 4 is 27.3 Å². The summed E-state index contributed by atoms with van der Waals surface area (Å²) in [5, 5.41) is 0. The van der Waals surface area contributed by atoms with Gasteiger partial charge in [-0.25, -0.2) is 8.42 Å². The third-order valence-electron chi connectivity index (χ3n) is 4.53. The Bertz CT molecular complexity index is 1070. The fourth-order valence-electron chi connectivity index (χ4n) is 2.96. The van der Waals surface area contributed by atoms with Gasteiger partial charge < -0.3 is 14.4 Å². The van der Waals surface area contributed by atoms with Gasteiger partial charge in [0, 0.05) is 19.8 Å². The molecule has 162 valence electrons. The Balaban J connectivity index is 1.95. The van der Waals surface area contributed by atoms with Crippen LogP contribution >= 0.6 is 0 Å².